The molecule has 3 aromatic carbocycles. The van der Waals surface area contributed by atoms with Crippen LogP contribution in [-0.4, -0.2) is 63.0 Å². The predicted octanol–water partition coefficient (Wildman–Crippen LogP) is 5.18. The molecule has 0 atom stereocenters. The number of nitrogens with zero attached hydrogens (tertiary/aromatic N) is 4. The molecule has 1 fully saturated rings. The minimum Gasteiger partial charge on any atom is -0.412 e. The van der Waals surface area contributed by atoms with E-state index >= 15 is 0 Å². The number of hydrogen-bond donors (Lipinski definition) is 0. The van der Waals surface area contributed by atoms with Crippen LogP contribution < -0.4 is 0 Å². The van der Waals surface area contributed by atoms with Crippen molar-refractivity contribution in [2.75, 3.05) is 32.7 Å². The average molecular weight is 590 g/mol. The van der Waals surface area contributed by atoms with Crippen LogP contribution in [0.1, 0.15) is 12.0 Å². The summed E-state index contributed by atoms with van der Waals surface area (Å²) in [7, 11) is 0. The maximum Gasteiger partial charge on any atom is 0.0958 e. The number of rotatable bonds is 7. The summed E-state index contributed by atoms with van der Waals surface area (Å²) in [5, 5.41) is 0.815. The lowest BCUT2D eigenvalue weighted by molar-refractivity contribution is 0.125. The molecule has 1 aliphatic rings. The number of imidazole rings is 1. The van der Waals surface area contributed by atoms with E-state index in [0.29, 0.717) is 0 Å². The zero-order valence-electron chi connectivity index (χ0n) is 20.6. The van der Waals surface area contributed by atoms with E-state index < -0.39 is 0 Å². The fourth-order valence-corrected chi connectivity index (χ4v) is 4.90. The lowest BCUT2D eigenvalue weighted by Crippen LogP contribution is -2.46. The Bertz CT molecular complexity index is 1200. The van der Waals surface area contributed by atoms with E-state index in [1.807, 2.05) is 24.5 Å². The standard InChI is InChI=1S/C27H29ClN4.3ClH.2H2O/c28-25-11-4-3-10-24(25)23-9-2-1-8-22(23)20-31-18-16-30(17-19-31)14-7-15-32-21-29-26-12-5-6-13-27(26)32;;;;;/h1-6,8-13,21H,7,14-20H2;3*1H;2*1H2. The van der Waals surface area contributed by atoms with Crippen LogP contribution >= 0.6 is 48.8 Å². The topological polar surface area (TPSA) is 87.3 Å². The first kappa shape index (κ1) is 35.1. The molecule has 0 saturated carbocycles. The van der Waals surface area contributed by atoms with Gasteiger partial charge in [0.25, 0.3) is 0 Å². The van der Waals surface area contributed by atoms with Crippen molar-refractivity contribution in [3.8, 4) is 11.1 Å². The van der Waals surface area contributed by atoms with Gasteiger partial charge in [-0.2, -0.15) is 0 Å². The van der Waals surface area contributed by atoms with Crippen LogP contribution in [-0.2, 0) is 13.1 Å². The van der Waals surface area contributed by atoms with E-state index in [9.17, 15) is 0 Å². The summed E-state index contributed by atoms with van der Waals surface area (Å²) < 4.78 is 2.28. The Morgan fingerprint density at radius 3 is 2.00 bits per heavy atom. The highest BCUT2D eigenvalue weighted by Crippen LogP contribution is 2.31. The molecule has 4 N–H and O–H groups in total. The smallest absolute Gasteiger partial charge is 0.0958 e. The van der Waals surface area contributed by atoms with Crippen LogP contribution in [0.15, 0.2) is 79.1 Å². The number of para-hydroxylation sites is 2. The molecule has 1 aliphatic heterocycles. The van der Waals surface area contributed by atoms with Gasteiger partial charge in [-0.05, 0) is 42.3 Å². The van der Waals surface area contributed by atoms with Crippen LogP contribution in [0.4, 0.5) is 0 Å². The first-order valence-electron chi connectivity index (χ1n) is 11.5. The van der Waals surface area contributed by atoms with Crippen LogP contribution in [0.5, 0.6) is 0 Å². The Morgan fingerprint density at radius 1 is 0.676 bits per heavy atom. The average Bonchev–Trinajstić information content (AvgIpc) is 3.24. The van der Waals surface area contributed by atoms with Crippen molar-refractivity contribution in [3.63, 3.8) is 0 Å². The van der Waals surface area contributed by atoms with E-state index in [0.717, 1.165) is 68.3 Å². The van der Waals surface area contributed by atoms with Crippen molar-refractivity contribution in [1.82, 2.24) is 19.4 Å². The van der Waals surface area contributed by atoms with E-state index in [-0.39, 0.29) is 48.2 Å². The van der Waals surface area contributed by atoms with Gasteiger partial charge in [0.05, 0.1) is 17.4 Å². The fraction of sp³-hybridized carbons (Fsp3) is 0.296. The van der Waals surface area contributed by atoms with Gasteiger partial charge in [0.2, 0.25) is 0 Å². The highest BCUT2D eigenvalue weighted by molar-refractivity contribution is 6.33. The number of piperazine rings is 1. The Kier molecular flexibility index (Phi) is 16.0. The van der Waals surface area contributed by atoms with Gasteiger partial charge in [0, 0.05) is 49.9 Å². The maximum atomic E-state index is 6.48. The monoisotopic (exact) mass is 588 g/mol. The second-order valence-corrected chi connectivity index (χ2v) is 8.94. The molecular formula is C27H36Cl4N4O2. The second kappa shape index (κ2) is 16.9. The molecule has 6 nitrogen and oxygen atoms in total. The van der Waals surface area contributed by atoms with Gasteiger partial charge in [0.1, 0.15) is 0 Å². The molecule has 0 spiro atoms. The SMILES string of the molecule is Cl.Cl.Cl.Clc1ccccc1-c1ccccc1CN1CCN(CCCn2cnc3ccccc32)CC1.O.O. The Morgan fingerprint density at radius 2 is 1.27 bits per heavy atom. The second-order valence-electron chi connectivity index (χ2n) is 8.54. The lowest BCUT2D eigenvalue weighted by Gasteiger charge is -2.35. The minimum absolute atomic E-state index is 0. The first-order chi connectivity index (χ1) is 15.8. The molecule has 0 amide bonds. The summed E-state index contributed by atoms with van der Waals surface area (Å²) in [6.07, 6.45) is 3.12. The van der Waals surface area contributed by atoms with Crippen LogP contribution in [0, 0.1) is 0 Å². The van der Waals surface area contributed by atoms with Crippen molar-refractivity contribution in [2.45, 2.75) is 19.5 Å². The number of benzene rings is 3. The molecule has 0 bridgehead atoms. The predicted molar refractivity (Wildman–Crippen MR) is 162 cm³/mol. The van der Waals surface area contributed by atoms with Gasteiger partial charge in [-0.3, -0.25) is 4.90 Å². The number of halogens is 4. The zero-order chi connectivity index (χ0) is 21.8. The largest absolute Gasteiger partial charge is 0.412 e. The Hall–Kier alpha value is -1.87. The molecule has 37 heavy (non-hydrogen) atoms. The summed E-state index contributed by atoms with van der Waals surface area (Å²) in [6, 6.07) is 25.2. The highest BCUT2D eigenvalue weighted by Gasteiger charge is 2.18. The van der Waals surface area contributed by atoms with Gasteiger partial charge >= 0.3 is 0 Å². The molecular weight excluding hydrogens is 554 g/mol. The third-order valence-electron chi connectivity index (χ3n) is 6.44. The summed E-state index contributed by atoms with van der Waals surface area (Å²) in [5.41, 5.74) is 6.03. The van der Waals surface area contributed by atoms with Gasteiger partial charge in [0.15, 0.2) is 0 Å². The summed E-state index contributed by atoms with van der Waals surface area (Å²) >= 11 is 6.48. The first-order valence-corrected chi connectivity index (χ1v) is 11.8. The summed E-state index contributed by atoms with van der Waals surface area (Å²) in [6.45, 7) is 7.58. The van der Waals surface area contributed by atoms with Crippen LogP contribution in [0.2, 0.25) is 5.02 Å². The molecule has 5 rings (SSSR count). The number of hydrogen-bond acceptors (Lipinski definition) is 3. The molecule has 1 aromatic heterocycles. The third-order valence-corrected chi connectivity index (χ3v) is 6.77. The highest BCUT2D eigenvalue weighted by atomic mass is 35.5. The number of aromatic nitrogens is 2. The third kappa shape index (κ3) is 8.57. The molecule has 4 aromatic rings. The van der Waals surface area contributed by atoms with Crippen molar-refractivity contribution in [2.24, 2.45) is 0 Å². The normalized spacial score (nSPS) is 13.3. The Labute approximate surface area is 242 Å². The summed E-state index contributed by atoms with van der Waals surface area (Å²) in [4.78, 5) is 9.66. The number of aryl methyl sites for hydroxylation is 1. The van der Waals surface area contributed by atoms with Crippen LogP contribution in [0.25, 0.3) is 22.2 Å². The maximum absolute atomic E-state index is 6.48. The van der Waals surface area contributed by atoms with E-state index in [1.54, 1.807) is 0 Å². The number of fused-ring (bicyclic) bond motifs is 1. The quantitative estimate of drug-likeness (QED) is 0.297. The van der Waals surface area contributed by atoms with E-state index in [1.165, 1.54) is 16.6 Å². The van der Waals surface area contributed by atoms with Gasteiger partial charge in [-0.15, -0.1) is 37.2 Å². The van der Waals surface area contributed by atoms with Gasteiger partial charge < -0.3 is 20.4 Å². The molecule has 204 valence electrons. The van der Waals surface area contributed by atoms with Crippen LogP contribution in [0.3, 0.4) is 0 Å². The van der Waals surface area contributed by atoms with Crippen molar-refractivity contribution in [1.29, 1.82) is 0 Å². The molecule has 0 unspecified atom stereocenters. The van der Waals surface area contributed by atoms with E-state index in [4.69, 9.17) is 11.6 Å². The Balaban J connectivity index is 0.00000259. The van der Waals surface area contributed by atoms with Crippen molar-refractivity contribution < 1.29 is 11.0 Å². The lowest BCUT2D eigenvalue weighted by atomic mass is 9.99. The molecule has 0 aliphatic carbocycles. The van der Waals surface area contributed by atoms with Crippen molar-refractivity contribution in [3.05, 3.63) is 89.7 Å². The fourth-order valence-electron chi connectivity index (χ4n) is 4.67. The molecule has 2 heterocycles. The van der Waals surface area contributed by atoms with Gasteiger partial charge in [-0.1, -0.05) is 66.2 Å². The van der Waals surface area contributed by atoms with E-state index in [2.05, 4.69) is 73.9 Å². The minimum atomic E-state index is 0. The molecule has 1 saturated heterocycles. The molecule has 10 heteroatoms. The summed E-state index contributed by atoms with van der Waals surface area (Å²) in [5.74, 6) is 0. The van der Waals surface area contributed by atoms with Gasteiger partial charge in [-0.25, -0.2) is 4.98 Å². The zero-order valence-corrected chi connectivity index (χ0v) is 23.8. The molecule has 0 radical (unpaired) electrons. The van der Waals surface area contributed by atoms with Crippen molar-refractivity contribution >= 4 is 59.9 Å².